The minimum Gasteiger partial charge on any atom is -0.387 e. The van der Waals surface area contributed by atoms with Crippen LogP contribution in [0.2, 0.25) is 0 Å². The van der Waals surface area contributed by atoms with Crippen LogP contribution in [0.3, 0.4) is 0 Å². The van der Waals surface area contributed by atoms with Crippen molar-refractivity contribution < 1.29 is 14.6 Å². The number of methoxy groups -OCH3 is 1. The average Bonchev–Trinajstić information content (AvgIpc) is 2.56. The molecule has 2 rings (SSSR count). The van der Waals surface area contributed by atoms with Crippen LogP contribution in [0.15, 0.2) is 30.3 Å². The maximum Gasteiger partial charge on any atom is 0.222 e. The fourth-order valence-corrected chi connectivity index (χ4v) is 2.73. The highest BCUT2D eigenvalue weighted by atomic mass is 16.5. The summed E-state index contributed by atoms with van der Waals surface area (Å²) in [5, 5.41) is 10.3. The predicted octanol–water partition coefficient (Wildman–Crippen LogP) is 1.29. The molecule has 122 valence electrons. The van der Waals surface area contributed by atoms with Gasteiger partial charge in [-0.1, -0.05) is 30.3 Å². The first-order valence-electron chi connectivity index (χ1n) is 7.93. The Morgan fingerprint density at radius 3 is 2.55 bits per heavy atom. The van der Waals surface area contributed by atoms with Gasteiger partial charge in [0.15, 0.2) is 0 Å². The van der Waals surface area contributed by atoms with Crippen molar-refractivity contribution in [3.8, 4) is 0 Å². The summed E-state index contributed by atoms with van der Waals surface area (Å²) < 4.78 is 4.98. The smallest absolute Gasteiger partial charge is 0.222 e. The number of benzene rings is 1. The van der Waals surface area contributed by atoms with Gasteiger partial charge in [0.1, 0.15) is 0 Å². The Morgan fingerprint density at radius 1 is 1.23 bits per heavy atom. The summed E-state index contributed by atoms with van der Waals surface area (Å²) in [7, 11) is 1.65. The van der Waals surface area contributed by atoms with Gasteiger partial charge in [-0.3, -0.25) is 9.69 Å². The average molecular weight is 306 g/mol. The lowest BCUT2D eigenvalue weighted by Gasteiger charge is -2.35. The van der Waals surface area contributed by atoms with Crippen LogP contribution in [-0.2, 0) is 9.53 Å². The zero-order valence-corrected chi connectivity index (χ0v) is 13.3. The summed E-state index contributed by atoms with van der Waals surface area (Å²) in [6, 6.07) is 9.72. The van der Waals surface area contributed by atoms with Gasteiger partial charge in [0, 0.05) is 52.9 Å². The van der Waals surface area contributed by atoms with Crippen LogP contribution < -0.4 is 0 Å². The van der Waals surface area contributed by atoms with Crippen LogP contribution in [0.5, 0.6) is 0 Å². The van der Waals surface area contributed by atoms with E-state index in [2.05, 4.69) is 4.90 Å². The van der Waals surface area contributed by atoms with Crippen molar-refractivity contribution in [3.05, 3.63) is 35.9 Å². The minimum atomic E-state index is -0.467. The largest absolute Gasteiger partial charge is 0.387 e. The molecule has 1 aliphatic rings. The normalized spacial score (nSPS) is 17.5. The van der Waals surface area contributed by atoms with Crippen LogP contribution >= 0.6 is 0 Å². The number of hydrogen-bond acceptors (Lipinski definition) is 4. The summed E-state index contributed by atoms with van der Waals surface area (Å²) in [4.78, 5) is 16.2. The Morgan fingerprint density at radius 2 is 1.91 bits per heavy atom. The van der Waals surface area contributed by atoms with E-state index in [9.17, 15) is 9.90 Å². The number of nitrogens with zero attached hydrogens (tertiary/aromatic N) is 2. The van der Waals surface area contributed by atoms with Crippen LogP contribution in [-0.4, -0.2) is 67.3 Å². The lowest BCUT2D eigenvalue weighted by atomic mass is 10.1. The number of amides is 1. The highest BCUT2D eigenvalue weighted by Gasteiger charge is 2.22. The first kappa shape index (κ1) is 16.9. The van der Waals surface area contributed by atoms with Crippen molar-refractivity contribution in [2.45, 2.75) is 18.9 Å². The first-order valence-corrected chi connectivity index (χ1v) is 7.93. The lowest BCUT2D eigenvalue weighted by Crippen LogP contribution is -2.49. The SMILES string of the molecule is COCCCC(=O)N1CCN(CC(O)c2ccccc2)CC1. The van der Waals surface area contributed by atoms with E-state index in [-0.39, 0.29) is 5.91 Å². The molecule has 0 bridgehead atoms. The Bertz CT molecular complexity index is 444. The summed E-state index contributed by atoms with van der Waals surface area (Å²) in [6.07, 6.45) is 0.869. The van der Waals surface area contributed by atoms with Crippen molar-refractivity contribution in [1.29, 1.82) is 0 Å². The van der Waals surface area contributed by atoms with Crippen molar-refractivity contribution in [1.82, 2.24) is 9.80 Å². The summed E-state index contributed by atoms with van der Waals surface area (Å²) in [5.74, 6) is 0.209. The van der Waals surface area contributed by atoms with Crippen molar-refractivity contribution in [2.24, 2.45) is 0 Å². The number of aliphatic hydroxyl groups excluding tert-OH is 1. The second-order valence-corrected chi connectivity index (χ2v) is 5.70. The zero-order chi connectivity index (χ0) is 15.8. The fourth-order valence-electron chi connectivity index (χ4n) is 2.73. The Balaban J connectivity index is 1.72. The maximum atomic E-state index is 12.0. The molecular formula is C17H26N2O3. The first-order chi connectivity index (χ1) is 10.7. The second-order valence-electron chi connectivity index (χ2n) is 5.70. The molecule has 1 fully saturated rings. The number of hydrogen-bond donors (Lipinski definition) is 1. The molecule has 22 heavy (non-hydrogen) atoms. The third-order valence-electron chi connectivity index (χ3n) is 4.08. The maximum absolute atomic E-state index is 12.0. The molecule has 1 aliphatic heterocycles. The van der Waals surface area contributed by atoms with E-state index in [0.717, 1.165) is 38.2 Å². The molecule has 0 aromatic heterocycles. The van der Waals surface area contributed by atoms with E-state index < -0.39 is 6.10 Å². The van der Waals surface area contributed by atoms with Crippen LogP contribution in [0.25, 0.3) is 0 Å². The monoisotopic (exact) mass is 306 g/mol. The molecule has 0 saturated carbocycles. The van der Waals surface area contributed by atoms with E-state index in [4.69, 9.17) is 4.74 Å². The molecule has 5 heteroatoms. The van der Waals surface area contributed by atoms with E-state index in [1.54, 1.807) is 7.11 Å². The van der Waals surface area contributed by atoms with Crippen molar-refractivity contribution in [3.63, 3.8) is 0 Å². The Labute approximate surface area is 132 Å². The molecule has 1 atom stereocenters. The molecule has 0 aliphatic carbocycles. The Hall–Kier alpha value is -1.43. The van der Waals surface area contributed by atoms with E-state index in [0.29, 0.717) is 19.6 Å². The Kier molecular flexibility index (Phi) is 6.83. The number of β-amino-alcohol motifs (C(OH)–C–C–N with tert-alkyl or cyclic N) is 1. The van der Waals surface area contributed by atoms with Gasteiger partial charge in [0.2, 0.25) is 5.91 Å². The molecule has 1 heterocycles. The number of ether oxygens (including phenoxy) is 1. The topological polar surface area (TPSA) is 53.0 Å². The van der Waals surface area contributed by atoms with E-state index in [1.807, 2.05) is 35.2 Å². The third kappa shape index (κ3) is 5.09. The van der Waals surface area contributed by atoms with Gasteiger partial charge in [0.25, 0.3) is 0 Å². The van der Waals surface area contributed by atoms with Crippen LogP contribution in [0, 0.1) is 0 Å². The molecule has 1 saturated heterocycles. The standard InChI is InChI=1S/C17H26N2O3/c1-22-13-5-8-17(21)19-11-9-18(10-12-19)14-16(20)15-6-3-2-4-7-15/h2-4,6-7,16,20H,5,8-14H2,1H3. The molecule has 0 spiro atoms. The van der Waals surface area contributed by atoms with Gasteiger partial charge in [0.05, 0.1) is 6.10 Å². The molecular weight excluding hydrogens is 280 g/mol. The van der Waals surface area contributed by atoms with Gasteiger partial charge in [-0.25, -0.2) is 0 Å². The quantitative estimate of drug-likeness (QED) is 0.771. The lowest BCUT2D eigenvalue weighted by molar-refractivity contribution is -0.133. The highest BCUT2D eigenvalue weighted by molar-refractivity contribution is 5.76. The highest BCUT2D eigenvalue weighted by Crippen LogP contribution is 2.15. The van der Waals surface area contributed by atoms with E-state index >= 15 is 0 Å². The third-order valence-corrected chi connectivity index (χ3v) is 4.08. The number of piperazine rings is 1. The summed E-state index contributed by atoms with van der Waals surface area (Å²) >= 11 is 0. The summed E-state index contributed by atoms with van der Waals surface area (Å²) in [5.41, 5.74) is 0.945. The van der Waals surface area contributed by atoms with Crippen LogP contribution in [0.4, 0.5) is 0 Å². The molecule has 0 radical (unpaired) electrons. The van der Waals surface area contributed by atoms with Gasteiger partial charge < -0.3 is 14.7 Å². The molecule has 1 aromatic carbocycles. The molecule has 1 N–H and O–H groups in total. The predicted molar refractivity (Wildman–Crippen MR) is 85.5 cm³/mol. The second kappa shape index (κ2) is 8.88. The summed E-state index contributed by atoms with van der Waals surface area (Å²) in [6.45, 7) is 4.38. The zero-order valence-electron chi connectivity index (χ0n) is 13.3. The van der Waals surface area contributed by atoms with Crippen LogP contribution in [0.1, 0.15) is 24.5 Å². The van der Waals surface area contributed by atoms with Gasteiger partial charge in [-0.15, -0.1) is 0 Å². The number of rotatable bonds is 7. The molecule has 1 aromatic rings. The number of aliphatic hydroxyl groups is 1. The van der Waals surface area contributed by atoms with Crippen molar-refractivity contribution in [2.75, 3.05) is 46.4 Å². The number of carbonyl (C=O) groups excluding carboxylic acids is 1. The molecule has 1 unspecified atom stereocenters. The number of carbonyl (C=O) groups is 1. The van der Waals surface area contributed by atoms with Gasteiger partial charge in [-0.2, -0.15) is 0 Å². The fraction of sp³-hybridized carbons (Fsp3) is 0.588. The van der Waals surface area contributed by atoms with E-state index in [1.165, 1.54) is 0 Å². The van der Waals surface area contributed by atoms with Gasteiger partial charge in [-0.05, 0) is 12.0 Å². The van der Waals surface area contributed by atoms with Gasteiger partial charge >= 0.3 is 0 Å². The molecule has 1 amide bonds. The van der Waals surface area contributed by atoms with Crippen molar-refractivity contribution >= 4 is 5.91 Å². The minimum absolute atomic E-state index is 0.209. The molecule has 5 nitrogen and oxygen atoms in total.